The van der Waals surface area contributed by atoms with Crippen LogP contribution in [0.1, 0.15) is 23.1 Å². The molecule has 0 saturated heterocycles. The highest BCUT2D eigenvalue weighted by Crippen LogP contribution is 2.31. The molecule has 32 heavy (non-hydrogen) atoms. The number of rotatable bonds is 8. The largest absolute Gasteiger partial charge is 0.492 e. The Labute approximate surface area is 180 Å². The zero-order chi connectivity index (χ0) is 23.3. The van der Waals surface area contributed by atoms with Crippen molar-refractivity contribution in [2.45, 2.75) is 19.6 Å². The second-order valence-electron chi connectivity index (χ2n) is 6.60. The number of aromatic nitrogens is 3. The summed E-state index contributed by atoms with van der Waals surface area (Å²) in [5, 5.41) is 18.7. The van der Waals surface area contributed by atoms with E-state index >= 15 is 0 Å². The molecule has 2 heterocycles. The lowest BCUT2D eigenvalue weighted by Gasteiger charge is -2.12. The van der Waals surface area contributed by atoms with Gasteiger partial charge in [-0.1, -0.05) is 6.07 Å². The lowest BCUT2D eigenvalue weighted by Crippen LogP contribution is -2.30. The highest BCUT2D eigenvalue weighted by atomic mass is 19.4. The average Bonchev–Trinajstić information content (AvgIpc) is 3.13. The molecule has 3 rings (SSSR count). The molecular weight excluding hydrogens is 431 g/mol. The quantitative estimate of drug-likeness (QED) is 0.483. The molecule has 0 fully saturated rings. The van der Waals surface area contributed by atoms with E-state index < -0.39 is 23.5 Å². The summed E-state index contributed by atoms with van der Waals surface area (Å²) in [5.41, 5.74) is -0.878. The number of benzene rings is 1. The van der Waals surface area contributed by atoms with Gasteiger partial charge in [-0.15, -0.1) is 0 Å². The molecule has 2 amide bonds. The third-order valence-electron chi connectivity index (χ3n) is 4.21. The topological polar surface area (TPSA) is 118 Å². The van der Waals surface area contributed by atoms with Gasteiger partial charge >= 0.3 is 6.18 Å². The van der Waals surface area contributed by atoms with Crippen LogP contribution >= 0.6 is 0 Å². The van der Waals surface area contributed by atoms with Crippen molar-refractivity contribution < 1.29 is 32.6 Å². The van der Waals surface area contributed by atoms with Gasteiger partial charge in [0.1, 0.15) is 23.7 Å². The Morgan fingerprint density at radius 2 is 2.03 bits per heavy atom. The molecule has 0 aliphatic rings. The maximum absolute atomic E-state index is 12.9. The number of hydrogen-bond donors (Lipinski definition) is 3. The minimum atomic E-state index is -4.68. The van der Waals surface area contributed by atoms with Crippen molar-refractivity contribution in [1.29, 1.82) is 0 Å². The molecule has 0 unspecified atom stereocenters. The van der Waals surface area contributed by atoms with Crippen LogP contribution in [0.5, 0.6) is 5.75 Å². The Kier molecular flexibility index (Phi) is 6.93. The van der Waals surface area contributed by atoms with Gasteiger partial charge in [-0.25, -0.2) is 4.98 Å². The number of alkyl halides is 3. The van der Waals surface area contributed by atoms with Crippen molar-refractivity contribution in [3.8, 4) is 5.75 Å². The average molecular weight is 451 g/mol. The van der Waals surface area contributed by atoms with Gasteiger partial charge in [0, 0.05) is 24.2 Å². The van der Waals surface area contributed by atoms with Crippen molar-refractivity contribution in [1.82, 2.24) is 20.1 Å². The Morgan fingerprint density at radius 1 is 1.25 bits per heavy atom. The first-order valence-corrected chi connectivity index (χ1v) is 9.58. The highest BCUT2D eigenvalue weighted by molar-refractivity contribution is 6.05. The molecule has 3 N–H and O–H groups in total. The summed E-state index contributed by atoms with van der Waals surface area (Å²) in [5.74, 6) is -0.927. The van der Waals surface area contributed by atoms with Crippen LogP contribution in [-0.4, -0.2) is 51.4 Å². The van der Waals surface area contributed by atoms with E-state index in [1.54, 1.807) is 25.3 Å². The number of nitrogens with one attached hydrogen (secondary N) is 2. The minimum absolute atomic E-state index is 0.0888. The maximum atomic E-state index is 12.9. The number of nitrogens with zero attached hydrogens (tertiary/aromatic N) is 3. The van der Waals surface area contributed by atoms with Crippen LogP contribution < -0.4 is 15.4 Å². The summed E-state index contributed by atoms with van der Waals surface area (Å²) in [6.07, 6.45) is -3.11. The molecule has 0 atom stereocenters. The summed E-state index contributed by atoms with van der Waals surface area (Å²) in [6.45, 7) is 1.84. The Hall–Kier alpha value is -3.67. The number of pyridine rings is 1. The van der Waals surface area contributed by atoms with E-state index in [2.05, 4.69) is 20.7 Å². The summed E-state index contributed by atoms with van der Waals surface area (Å²) >= 11 is 0. The predicted octanol–water partition coefficient (Wildman–Crippen LogP) is 2.21. The Bertz CT molecular complexity index is 1130. The first-order valence-electron chi connectivity index (χ1n) is 9.58. The first-order chi connectivity index (χ1) is 15.2. The monoisotopic (exact) mass is 451 g/mol. The van der Waals surface area contributed by atoms with E-state index in [1.165, 1.54) is 10.7 Å². The number of hydrogen-bond acceptors (Lipinski definition) is 6. The van der Waals surface area contributed by atoms with Crippen LogP contribution in [0.2, 0.25) is 0 Å². The smallest absolute Gasteiger partial charge is 0.433 e. The summed E-state index contributed by atoms with van der Waals surface area (Å²) in [4.78, 5) is 27.8. The molecule has 0 radical (unpaired) electrons. The molecule has 0 aliphatic carbocycles. The van der Waals surface area contributed by atoms with Crippen LogP contribution in [-0.2, 0) is 17.5 Å². The molecule has 2 aromatic heterocycles. The van der Waals surface area contributed by atoms with Gasteiger partial charge in [0.25, 0.3) is 5.91 Å². The van der Waals surface area contributed by atoms with Crippen LogP contribution in [0.3, 0.4) is 0 Å². The van der Waals surface area contributed by atoms with Crippen LogP contribution in [0, 0.1) is 0 Å². The van der Waals surface area contributed by atoms with Gasteiger partial charge < -0.3 is 20.5 Å². The summed E-state index contributed by atoms with van der Waals surface area (Å²) < 4.78 is 45.6. The normalized spacial score (nSPS) is 11.4. The molecule has 0 aliphatic heterocycles. The minimum Gasteiger partial charge on any atom is -0.492 e. The number of carbonyl (C=O) groups excluding carboxylic acids is 2. The van der Waals surface area contributed by atoms with Crippen molar-refractivity contribution in [2.24, 2.45) is 0 Å². The fourth-order valence-electron chi connectivity index (χ4n) is 2.86. The van der Waals surface area contributed by atoms with Crippen molar-refractivity contribution in [3.05, 3.63) is 47.9 Å². The van der Waals surface area contributed by atoms with Gasteiger partial charge in [0.15, 0.2) is 0 Å². The first kappa shape index (κ1) is 23.0. The van der Waals surface area contributed by atoms with E-state index in [1.807, 2.05) is 0 Å². The van der Waals surface area contributed by atoms with Crippen molar-refractivity contribution >= 4 is 28.4 Å². The predicted molar refractivity (Wildman–Crippen MR) is 108 cm³/mol. The highest BCUT2D eigenvalue weighted by Gasteiger charge is 2.33. The van der Waals surface area contributed by atoms with E-state index in [0.29, 0.717) is 10.9 Å². The lowest BCUT2D eigenvalue weighted by molar-refractivity contribution is -0.141. The number of anilines is 1. The molecule has 9 nitrogen and oxygen atoms in total. The van der Waals surface area contributed by atoms with E-state index in [-0.39, 0.29) is 43.6 Å². The van der Waals surface area contributed by atoms with Crippen LogP contribution in [0.15, 0.2) is 36.5 Å². The number of halogens is 3. The Balaban J connectivity index is 1.87. The molecule has 3 aromatic rings. The molecular formula is C20H20F3N5O4. The van der Waals surface area contributed by atoms with Crippen LogP contribution in [0.4, 0.5) is 18.9 Å². The number of aliphatic hydroxyl groups excluding tert-OH is 1. The van der Waals surface area contributed by atoms with E-state index in [4.69, 9.17) is 9.84 Å². The number of aliphatic hydroxyl groups is 1. The van der Waals surface area contributed by atoms with E-state index in [0.717, 1.165) is 12.1 Å². The second-order valence-corrected chi connectivity index (χ2v) is 6.60. The summed E-state index contributed by atoms with van der Waals surface area (Å²) in [7, 11) is 0. The fourth-order valence-corrected chi connectivity index (χ4v) is 2.86. The van der Waals surface area contributed by atoms with Gasteiger partial charge in [-0.2, -0.15) is 18.3 Å². The fraction of sp³-hybridized carbons (Fsp3) is 0.300. The maximum Gasteiger partial charge on any atom is 0.433 e. The SMILES string of the molecule is CCOc1cc2nn(CC(=O)NCCO)cc2cc1NC(=O)c1cccc(C(F)(F)F)n1. The van der Waals surface area contributed by atoms with Gasteiger partial charge in [0.2, 0.25) is 5.91 Å². The molecule has 0 bridgehead atoms. The number of amides is 2. The zero-order valence-corrected chi connectivity index (χ0v) is 16.9. The number of ether oxygens (including phenoxy) is 1. The van der Waals surface area contributed by atoms with Gasteiger partial charge in [-0.3, -0.25) is 14.3 Å². The zero-order valence-electron chi connectivity index (χ0n) is 16.9. The Morgan fingerprint density at radius 3 is 2.72 bits per heavy atom. The standard InChI is InChI=1S/C20H20F3N5O4/c1-2-32-16-9-14-12(10-28(27-14)11-18(30)24-6-7-29)8-15(16)26-19(31)13-4-3-5-17(25-13)20(21,22)23/h3-5,8-10,29H,2,6-7,11H2,1H3,(H,24,30)(H,26,31). The molecule has 12 heteroatoms. The van der Waals surface area contributed by atoms with Gasteiger partial charge in [-0.05, 0) is 25.1 Å². The van der Waals surface area contributed by atoms with Crippen molar-refractivity contribution in [2.75, 3.05) is 25.1 Å². The number of carbonyl (C=O) groups is 2. The molecule has 0 saturated carbocycles. The molecule has 0 spiro atoms. The van der Waals surface area contributed by atoms with Crippen LogP contribution in [0.25, 0.3) is 10.9 Å². The summed E-state index contributed by atoms with van der Waals surface area (Å²) in [6, 6.07) is 6.15. The molecule has 170 valence electrons. The van der Waals surface area contributed by atoms with Crippen molar-refractivity contribution in [3.63, 3.8) is 0 Å². The molecule has 1 aromatic carbocycles. The second kappa shape index (κ2) is 9.64. The number of fused-ring (bicyclic) bond motifs is 1. The van der Waals surface area contributed by atoms with E-state index in [9.17, 15) is 22.8 Å². The third-order valence-corrected chi connectivity index (χ3v) is 4.21. The third kappa shape index (κ3) is 5.52. The van der Waals surface area contributed by atoms with Gasteiger partial charge in [0.05, 0.1) is 24.4 Å². The lowest BCUT2D eigenvalue weighted by atomic mass is 10.2.